The molecule has 12 heavy (non-hydrogen) atoms. The third-order valence-corrected chi connectivity index (χ3v) is 0.585. The van der Waals surface area contributed by atoms with Gasteiger partial charge in [0, 0.05) is 0 Å². The number of carboxylic acid groups (broad SMARTS) is 2. The third kappa shape index (κ3) is 11.8. The van der Waals surface area contributed by atoms with Crippen LogP contribution in [0.5, 0.6) is 0 Å². The first kappa shape index (κ1) is 13.6. The Morgan fingerprint density at radius 2 is 1.42 bits per heavy atom. The van der Waals surface area contributed by atoms with Gasteiger partial charge >= 0.3 is 18.1 Å². The van der Waals surface area contributed by atoms with E-state index in [0.717, 1.165) is 0 Å². The Balaban J connectivity index is 0. The van der Waals surface area contributed by atoms with Crippen molar-refractivity contribution in [3.8, 4) is 0 Å². The highest BCUT2D eigenvalue weighted by molar-refractivity contribution is 6.26. The van der Waals surface area contributed by atoms with Crippen molar-refractivity contribution in [1.29, 1.82) is 0 Å². The summed E-state index contributed by atoms with van der Waals surface area (Å²) in [6.07, 6.45) is -5.08. The Kier molecular flexibility index (Phi) is 6.39. The molecule has 8 heteroatoms. The van der Waals surface area contributed by atoms with Crippen molar-refractivity contribution in [2.45, 2.75) is 6.18 Å². The maximum absolute atomic E-state index is 10.6. The normalized spacial score (nSPS) is 9.67. The Bertz CT molecular complexity index is 166. The van der Waals surface area contributed by atoms with Crippen molar-refractivity contribution < 1.29 is 33.0 Å². The number of carbonyl (C=O) groups is 2. The largest absolute Gasteiger partial charge is 0.490 e. The Morgan fingerprint density at radius 1 is 1.25 bits per heavy atom. The molecule has 0 atom stereocenters. The van der Waals surface area contributed by atoms with Gasteiger partial charge in [-0.2, -0.15) is 13.2 Å². The molecule has 0 aromatic heterocycles. The molecule has 0 amide bonds. The molecule has 0 spiro atoms. The molecule has 0 aliphatic rings. The highest BCUT2D eigenvalue weighted by Crippen LogP contribution is 2.13. The van der Waals surface area contributed by atoms with Crippen molar-refractivity contribution in [1.82, 2.24) is 0 Å². The minimum atomic E-state index is -5.08. The zero-order valence-electron chi connectivity index (χ0n) is 5.43. The lowest BCUT2D eigenvalue weighted by molar-refractivity contribution is -0.192. The van der Waals surface area contributed by atoms with Crippen LogP contribution in [-0.2, 0) is 9.59 Å². The van der Waals surface area contributed by atoms with E-state index in [1.807, 2.05) is 0 Å². The summed E-state index contributed by atoms with van der Waals surface area (Å²) in [5, 5.41) is 14.7. The van der Waals surface area contributed by atoms with Crippen LogP contribution in [0.3, 0.4) is 0 Å². The van der Waals surface area contributed by atoms with E-state index in [1.165, 1.54) is 0 Å². The van der Waals surface area contributed by atoms with E-state index in [4.69, 9.17) is 26.6 Å². The van der Waals surface area contributed by atoms with E-state index in [-0.39, 0.29) is 5.88 Å². The number of rotatable bonds is 1. The monoisotopic (exact) mass is 208 g/mol. The van der Waals surface area contributed by atoms with Gasteiger partial charge < -0.3 is 10.2 Å². The minimum Gasteiger partial charge on any atom is -0.480 e. The smallest absolute Gasteiger partial charge is 0.480 e. The highest BCUT2D eigenvalue weighted by Gasteiger charge is 2.38. The summed E-state index contributed by atoms with van der Waals surface area (Å²) in [6.45, 7) is 0. The second-order valence-electron chi connectivity index (χ2n) is 1.33. The summed E-state index contributed by atoms with van der Waals surface area (Å²) in [5.74, 6) is -4.04. The number of hydrogen-bond acceptors (Lipinski definition) is 2. The van der Waals surface area contributed by atoms with Crippen molar-refractivity contribution in [2.75, 3.05) is 5.88 Å². The van der Waals surface area contributed by atoms with Gasteiger partial charge in [0.2, 0.25) is 0 Å². The molecule has 0 aromatic rings. The fourth-order valence-electron chi connectivity index (χ4n) is 0. The first-order chi connectivity index (χ1) is 5.21. The van der Waals surface area contributed by atoms with Crippen LogP contribution in [0.25, 0.3) is 0 Å². The molecule has 0 saturated carbocycles. The molecule has 4 nitrogen and oxygen atoms in total. The van der Waals surface area contributed by atoms with E-state index in [2.05, 4.69) is 0 Å². The molecule has 0 aromatic carbocycles. The maximum atomic E-state index is 10.6. The van der Waals surface area contributed by atoms with Gasteiger partial charge in [-0.25, -0.2) is 4.79 Å². The second kappa shape index (κ2) is 5.64. The SMILES string of the molecule is O=C(O)C(F)(F)F.O=C(O)CCl. The predicted molar refractivity (Wildman–Crippen MR) is 32.0 cm³/mol. The van der Waals surface area contributed by atoms with E-state index < -0.39 is 18.1 Å². The first-order valence-electron chi connectivity index (χ1n) is 2.29. The van der Waals surface area contributed by atoms with Crippen LogP contribution < -0.4 is 0 Å². The molecule has 0 heterocycles. The van der Waals surface area contributed by atoms with E-state index >= 15 is 0 Å². The van der Waals surface area contributed by atoms with Crippen LogP contribution in [-0.4, -0.2) is 34.2 Å². The van der Waals surface area contributed by atoms with Crippen molar-refractivity contribution in [2.24, 2.45) is 0 Å². The average molecular weight is 209 g/mol. The van der Waals surface area contributed by atoms with Crippen LogP contribution in [0.2, 0.25) is 0 Å². The van der Waals surface area contributed by atoms with Crippen molar-refractivity contribution in [3.05, 3.63) is 0 Å². The van der Waals surface area contributed by atoms with Gasteiger partial charge in [0.15, 0.2) is 0 Å². The van der Waals surface area contributed by atoms with Gasteiger partial charge in [-0.05, 0) is 0 Å². The van der Waals surface area contributed by atoms with E-state index in [0.29, 0.717) is 0 Å². The summed E-state index contributed by atoms with van der Waals surface area (Å²) < 4.78 is 31.7. The highest BCUT2D eigenvalue weighted by atomic mass is 35.5. The number of halogens is 4. The summed E-state index contributed by atoms with van der Waals surface area (Å²) in [5.41, 5.74) is 0. The third-order valence-electron chi connectivity index (χ3n) is 0.357. The van der Waals surface area contributed by atoms with Gasteiger partial charge in [0.05, 0.1) is 0 Å². The lowest BCUT2D eigenvalue weighted by Crippen LogP contribution is -2.21. The topological polar surface area (TPSA) is 74.6 Å². The van der Waals surface area contributed by atoms with Gasteiger partial charge in [-0.3, -0.25) is 4.79 Å². The zero-order valence-corrected chi connectivity index (χ0v) is 6.19. The molecular formula is C4H4ClF3O4. The van der Waals surface area contributed by atoms with Gasteiger partial charge in [0.25, 0.3) is 0 Å². The molecule has 0 bridgehead atoms. The lowest BCUT2D eigenvalue weighted by atomic mass is 10.7. The molecule has 0 fully saturated rings. The molecule has 0 rings (SSSR count). The van der Waals surface area contributed by atoms with Gasteiger partial charge in [0.1, 0.15) is 5.88 Å². The lowest BCUT2D eigenvalue weighted by Gasteiger charge is -1.93. The molecule has 0 radical (unpaired) electrons. The first-order valence-corrected chi connectivity index (χ1v) is 2.83. The fourth-order valence-corrected chi connectivity index (χ4v) is 0. The number of carboxylic acids is 2. The second-order valence-corrected chi connectivity index (χ2v) is 1.60. The quantitative estimate of drug-likeness (QED) is 0.629. The summed E-state index contributed by atoms with van der Waals surface area (Å²) in [6, 6.07) is 0. The van der Waals surface area contributed by atoms with Crippen LogP contribution in [0.1, 0.15) is 0 Å². The molecule has 2 N–H and O–H groups in total. The van der Waals surface area contributed by atoms with E-state index in [9.17, 15) is 18.0 Å². The molecule has 72 valence electrons. The maximum Gasteiger partial charge on any atom is 0.490 e. The number of aliphatic carboxylic acids is 2. The Labute approximate surface area is 69.6 Å². The van der Waals surface area contributed by atoms with Crippen LogP contribution in [0.15, 0.2) is 0 Å². The zero-order chi connectivity index (χ0) is 10.4. The molecule has 0 aliphatic carbocycles. The summed E-state index contributed by atoms with van der Waals surface area (Å²) >= 11 is 4.74. The minimum absolute atomic E-state index is 0.306. The van der Waals surface area contributed by atoms with Crippen molar-refractivity contribution in [3.63, 3.8) is 0 Å². The Hall–Kier alpha value is -0.980. The fraction of sp³-hybridized carbons (Fsp3) is 0.500. The van der Waals surface area contributed by atoms with Gasteiger partial charge in [-0.1, -0.05) is 0 Å². The van der Waals surface area contributed by atoms with Crippen LogP contribution in [0.4, 0.5) is 13.2 Å². The van der Waals surface area contributed by atoms with Gasteiger partial charge in [-0.15, -0.1) is 11.6 Å². The number of hydrogen-bond donors (Lipinski definition) is 2. The molecular weight excluding hydrogens is 204 g/mol. The Morgan fingerprint density at radius 3 is 1.42 bits per heavy atom. The average Bonchev–Trinajstić information content (AvgIpc) is 1.87. The van der Waals surface area contributed by atoms with Crippen molar-refractivity contribution >= 4 is 23.5 Å². The van der Waals surface area contributed by atoms with Crippen LogP contribution >= 0.6 is 11.6 Å². The molecule has 0 unspecified atom stereocenters. The molecule has 0 aliphatic heterocycles. The predicted octanol–water partition coefficient (Wildman–Crippen LogP) is 0.943. The molecule has 0 saturated heterocycles. The number of alkyl halides is 4. The van der Waals surface area contributed by atoms with E-state index in [1.54, 1.807) is 0 Å². The standard InChI is InChI=1S/C2H3ClO2.C2HF3O2/c3-1-2(4)5;3-2(4,5)1(6)7/h1H2,(H,4,5);(H,6,7). The summed E-state index contributed by atoms with van der Waals surface area (Å²) in [7, 11) is 0. The van der Waals surface area contributed by atoms with Crippen LogP contribution in [0, 0.1) is 0 Å². The summed E-state index contributed by atoms with van der Waals surface area (Å²) in [4.78, 5) is 18.1.